The van der Waals surface area contributed by atoms with E-state index < -0.39 is 21.7 Å². The average Bonchev–Trinajstić information content (AvgIpc) is 2.36. The van der Waals surface area contributed by atoms with Crippen LogP contribution in [0.2, 0.25) is 0 Å². The van der Waals surface area contributed by atoms with Crippen LogP contribution in [0.3, 0.4) is 0 Å². The van der Waals surface area contributed by atoms with Crippen LogP contribution in [-0.2, 0) is 19.6 Å². The highest BCUT2D eigenvalue weighted by molar-refractivity contribution is 7.89. The second-order valence-corrected chi connectivity index (χ2v) is 7.36. The van der Waals surface area contributed by atoms with Crippen LogP contribution in [0.15, 0.2) is 0 Å². The maximum absolute atomic E-state index is 12.3. The Morgan fingerprint density at radius 2 is 2.15 bits per heavy atom. The van der Waals surface area contributed by atoms with Crippen molar-refractivity contribution in [2.75, 3.05) is 32.0 Å². The lowest BCUT2D eigenvalue weighted by Gasteiger charge is -2.31. The lowest BCUT2D eigenvalue weighted by atomic mass is 9.99. The van der Waals surface area contributed by atoms with Crippen molar-refractivity contribution in [1.29, 1.82) is 0 Å². The molecule has 1 fully saturated rings. The van der Waals surface area contributed by atoms with Crippen molar-refractivity contribution >= 4 is 16.0 Å². The van der Waals surface area contributed by atoms with Gasteiger partial charge in [-0.05, 0) is 52.6 Å². The third-order valence-electron chi connectivity index (χ3n) is 3.38. The van der Waals surface area contributed by atoms with E-state index in [4.69, 9.17) is 4.74 Å². The highest BCUT2D eigenvalue weighted by Gasteiger charge is 2.30. The molecule has 0 aromatic heterocycles. The van der Waals surface area contributed by atoms with E-state index in [-0.39, 0.29) is 12.6 Å². The van der Waals surface area contributed by atoms with Gasteiger partial charge >= 0.3 is 5.97 Å². The Morgan fingerprint density at radius 1 is 1.45 bits per heavy atom. The quantitative estimate of drug-likeness (QED) is 0.697. The van der Waals surface area contributed by atoms with Crippen LogP contribution in [0.25, 0.3) is 0 Å². The highest BCUT2D eigenvalue weighted by atomic mass is 32.2. The first-order chi connectivity index (χ1) is 9.36. The van der Waals surface area contributed by atoms with E-state index in [1.165, 1.54) is 4.31 Å². The van der Waals surface area contributed by atoms with Crippen molar-refractivity contribution in [3.05, 3.63) is 0 Å². The summed E-state index contributed by atoms with van der Waals surface area (Å²) in [5, 5.41) is 3.28. The molecule has 118 valence electrons. The van der Waals surface area contributed by atoms with E-state index in [0.717, 1.165) is 25.9 Å². The minimum atomic E-state index is -3.61. The Bertz CT molecular complexity index is 403. The van der Waals surface area contributed by atoms with Gasteiger partial charge in [0.15, 0.2) is 5.75 Å². The van der Waals surface area contributed by atoms with Crippen LogP contribution in [0.4, 0.5) is 0 Å². The van der Waals surface area contributed by atoms with Gasteiger partial charge in [-0.3, -0.25) is 4.79 Å². The molecule has 0 aromatic rings. The standard InChI is InChI=1S/C13H26N2O4S/c1-4-19-13(16)10-20(17,18)15(11(2)3)9-12-6-5-7-14-8-12/h11-12,14H,4-10H2,1-3H3. The molecule has 1 rings (SSSR count). The summed E-state index contributed by atoms with van der Waals surface area (Å²) >= 11 is 0. The highest BCUT2D eigenvalue weighted by Crippen LogP contribution is 2.17. The predicted molar refractivity (Wildman–Crippen MR) is 77.9 cm³/mol. The number of esters is 1. The van der Waals surface area contributed by atoms with Gasteiger partial charge in [-0.15, -0.1) is 0 Å². The second-order valence-electron chi connectivity index (χ2n) is 5.44. The summed E-state index contributed by atoms with van der Waals surface area (Å²) in [6.07, 6.45) is 2.08. The first-order valence-electron chi connectivity index (χ1n) is 7.22. The fourth-order valence-electron chi connectivity index (χ4n) is 2.41. The summed E-state index contributed by atoms with van der Waals surface area (Å²) in [7, 11) is -3.61. The number of carbonyl (C=O) groups excluding carboxylic acids is 1. The van der Waals surface area contributed by atoms with Gasteiger partial charge < -0.3 is 10.1 Å². The van der Waals surface area contributed by atoms with Crippen LogP contribution < -0.4 is 5.32 Å². The topological polar surface area (TPSA) is 75.7 Å². The molecule has 0 radical (unpaired) electrons. The fourth-order valence-corrected chi connectivity index (χ4v) is 4.04. The van der Waals surface area contributed by atoms with Crippen molar-refractivity contribution in [2.24, 2.45) is 5.92 Å². The lowest BCUT2D eigenvalue weighted by Crippen LogP contribution is -2.46. The zero-order chi connectivity index (χ0) is 15.2. The number of carbonyl (C=O) groups is 1. The Balaban J connectivity index is 2.70. The summed E-state index contributed by atoms with van der Waals surface area (Å²) in [5.74, 6) is -0.942. The molecule has 1 unspecified atom stereocenters. The van der Waals surface area contributed by atoms with Gasteiger partial charge in [0, 0.05) is 12.6 Å². The van der Waals surface area contributed by atoms with Crippen molar-refractivity contribution in [2.45, 2.75) is 39.7 Å². The first kappa shape index (κ1) is 17.4. The smallest absolute Gasteiger partial charge is 0.322 e. The number of nitrogens with zero attached hydrogens (tertiary/aromatic N) is 1. The molecule has 1 aliphatic rings. The molecule has 1 aliphatic heterocycles. The SMILES string of the molecule is CCOC(=O)CS(=O)(=O)N(CC1CCCNC1)C(C)C. The number of rotatable bonds is 7. The number of sulfonamides is 1. The normalized spacial score (nSPS) is 20.4. The van der Waals surface area contributed by atoms with Crippen molar-refractivity contribution < 1.29 is 17.9 Å². The van der Waals surface area contributed by atoms with Gasteiger partial charge in [0.25, 0.3) is 0 Å². The maximum atomic E-state index is 12.3. The number of hydrogen-bond donors (Lipinski definition) is 1. The molecule has 0 aromatic carbocycles. The molecule has 1 heterocycles. The largest absolute Gasteiger partial charge is 0.465 e. The predicted octanol–water partition coefficient (Wildman–Crippen LogP) is 0.589. The monoisotopic (exact) mass is 306 g/mol. The van der Waals surface area contributed by atoms with E-state index in [0.29, 0.717) is 12.5 Å². The van der Waals surface area contributed by atoms with Crippen molar-refractivity contribution in [3.63, 3.8) is 0 Å². The summed E-state index contributed by atoms with van der Waals surface area (Å²) < 4.78 is 30.8. The number of ether oxygens (including phenoxy) is 1. The molecule has 6 nitrogen and oxygen atoms in total. The zero-order valence-corrected chi connectivity index (χ0v) is 13.4. The molecular weight excluding hydrogens is 280 g/mol. The van der Waals surface area contributed by atoms with Crippen LogP contribution in [0.1, 0.15) is 33.6 Å². The van der Waals surface area contributed by atoms with E-state index in [1.807, 2.05) is 13.8 Å². The van der Waals surface area contributed by atoms with Crippen LogP contribution in [-0.4, -0.2) is 56.7 Å². The van der Waals surface area contributed by atoms with Gasteiger partial charge in [-0.1, -0.05) is 0 Å². The van der Waals surface area contributed by atoms with E-state index in [1.54, 1.807) is 6.92 Å². The van der Waals surface area contributed by atoms with Gasteiger partial charge in [-0.2, -0.15) is 4.31 Å². The lowest BCUT2D eigenvalue weighted by molar-refractivity contribution is -0.140. The summed E-state index contributed by atoms with van der Waals surface area (Å²) in [6, 6.07) is -0.156. The van der Waals surface area contributed by atoms with Crippen LogP contribution in [0, 0.1) is 5.92 Å². The molecule has 1 saturated heterocycles. The molecule has 0 spiro atoms. The molecule has 0 aliphatic carbocycles. The van der Waals surface area contributed by atoms with E-state index >= 15 is 0 Å². The van der Waals surface area contributed by atoms with Gasteiger partial charge in [0.2, 0.25) is 10.0 Å². The zero-order valence-electron chi connectivity index (χ0n) is 12.6. The number of piperidine rings is 1. The molecule has 1 N–H and O–H groups in total. The minimum Gasteiger partial charge on any atom is -0.465 e. The van der Waals surface area contributed by atoms with Crippen molar-refractivity contribution in [3.8, 4) is 0 Å². The van der Waals surface area contributed by atoms with Crippen molar-refractivity contribution in [1.82, 2.24) is 9.62 Å². The summed E-state index contributed by atoms with van der Waals surface area (Å²) in [4.78, 5) is 11.4. The van der Waals surface area contributed by atoms with E-state index in [2.05, 4.69) is 5.32 Å². The molecule has 0 amide bonds. The fraction of sp³-hybridized carbons (Fsp3) is 0.923. The molecule has 7 heteroatoms. The van der Waals surface area contributed by atoms with E-state index in [9.17, 15) is 13.2 Å². The molecule has 0 saturated carbocycles. The van der Waals surface area contributed by atoms with Gasteiger partial charge in [0.05, 0.1) is 6.61 Å². The maximum Gasteiger partial charge on any atom is 0.322 e. The number of nitrogens with one attached hydrogen (secondary N) is 1. The van der Waals surface area contributed by atoms with Crippen LogP contribution >= 0.6 is 0 Å². The first-order valence-corrected chi connectivity index (χ1v) is 8.83. The second kappa shape index (κ2) is 7.95. The van der Waals surface area contributed by atoms with Gasteiger partial charge in [0.1, 0.15) is 0 Å². The van der Waals surface area contributed by atoms with Gasteiger partial charge in [-0.25, -0.2) is 8.42 Å². The average molecular weight is 306 g/mol. The summed E-state index contributed by atoms with van der Waals surface area (Å²) in [5.41, 5.74) is 0. The Labute approximate surface area is 121 Å². The Kier molecular flexibility index (Phi) is 6.91. The third kappa shape index (κ3) is 5.38. The van der Waals surface area contributed by atoms with Crippen LogP contribution in [0.5, 0.6) is 0 Å². The molecule has 0 bridgehead atoms. The summed E-state index contributed by atoms with van der Waals surface area (Å²) in [6.45, 7) is 7.82. The Hall–Kier alpha value is -0.660. The third-order valence-corrected chi connectivity index (χ3v) is 5.26. The minimum absolute atomic E-state index is 0.156. The Morgan fingerprint density at radius 3 is 2.65 bits per heavy atom. The molecule has 20 heavy (non-hydrogen) atoms. The number of hydrogen-bond acceptors (Lipinski definition) is 5. The molecule has 1 atom stereocenters. The molecular formula is C13H26N2O4S.